The van der Waals surface area contributed by atoms with Crippen molar-refractivity contribution < 1.29 is 4.79 Å². The Balaban J connectivity index is 1.36. The zero-order valence-electron chi connectivity index (χ0n) is 14.5. The maximum absolute atomic E-state index is 12.1. The third kappa shape index (κ3) is 3.54. The van der Waals surface area contributed by atoms with Gasteiger partial charge in [0.25, 0.3) is 0 Å². The lowest BCUT2D eigenvalue weighted by Crippen LogP contribution is -2.29. The predicted molar refractivity (Wildman–Crippen MR) is 108 cm³/mol. The van der Waals surface area contributed by atoms with E-state index in [0.29, 0.717) is 6.54 Å². The molecule has 1 heterocycles. The first-order chi connectivity index (χ1) is 12.8. The molecule has 130 valence electrons. The average Bonchev–Trinajstić information content (AvgIpc) is 3.04. The van der Waals surface area contributed by atoms with E-state index in [2.05, 4.69) is 39.9 Å². The van der Waals surface area contributed by atoms with Crippen LogP contribution in [0.4, 0.5) is 10.5 Å². The summed E-state index contributed by atoms with van der Waals surface area (Å²) in [6, 6.07) is 24.2. The number of aromatic amines is 1. The fourth-order valence-corrected chi connectivity index (χ4v) is 3.24. The molecule has 0 saturated heterocycles. The van der Waals surface area contributed by atoms with Crippen LogP contribution in [0.15, 0.2) is 72.8 Å². The molecule has 0 bridgehead atoms. The number of carbonyl (C=O) groups excluding carboxylic acids is 1. The molecule has 4 aromatic rings. The highest BCUT2D eigenvalue weighted by Crippen LogP contribution is 2.27. The first kappa shape index (κ1) is 16.2. The van der Waals surface area contributed by atoms with E-state index in [0.717, 1.165) is 40.3 Å². The summed E-state index contributed by atoms with van der Waals surface area (Å²) >= 11 is 0. The Bertz CT molecular complexity index is 1040. The van der Waals surface area contributed by atoms with Crippen molar-refractivity contribution in [3.05, 3.63) is 78.4 Å². The number of benzene rings is 3. The Morgan fingerprint density at radius 1 is 0.846 bits per heavy atom. The molecule has 26 heavy (non-hydrogen) atoms. The quantitative estimate of drug-likeness (QED) is 0.435. The largest absolute Gasteiger partial charge is 0.355 e. The highest BCUT2D eigenvalue weighted by atomic mass is 16.2. The molecule has 0 spiro atoms. The third-order valence-electron chi connectivity index (χ3n) is 4.53. The molecule has 0 unspecified atom stereocenters. The second-order valence-corrected chi connectivity index (χ2v) is 6.40. The standard InChI is InChI=1S/C22H21N3O/c26-22(23-14-6-9-16-7-2-1-3-8-16)24-17-12-13-21-19(15-17)18-10-4-5-11-20(18)25-21/h1-5,7-8,10-13,15,25H,6,9,14H2,(H2,23,24,26). The second kappa shape index (κ2) is 7.31. The van der Waals surface area contributed by atoms with Crippen molar-refractivity contribution in [3.8, 4) is 0 Å². The number of nitrogens with one attached hydrogen (secondary N) is 3. The molecule has 0 saturated carbocycles. The van der Waals surface area contributed by atoms with E-state index in [1.165, 1.54) is 5.56 Å². The van der Waals surface area contributed by atoms with E-state index < -0.39 is 0 Å². The number of anilines is 1. The molecule has 0 radical (unpaired) electrons. The van der Waals surface area contributed by atoms with E-state index in [1.807, 2.05) is 48.5 Å². The van der Waals surface area contributed by atoms with Crippen molar-refractivity contribution in [2.24, 2.45) is 0 Å². The Morgan fingerprint density at radius 3 is 2.50 bits per heavy atom. The summed E-state index contributed by atoms with van der Waals surface area (Å²) in [5.41, 5.74) is 4.26. The zero-order valence-corrected chi connectivity index (χ0v) is 14.5. The number of amides is 2. The number of hydrogen-bond donors (Lipinski definition) is 3. The summed E-state index contributed by atoms with van der Waals surface area (Å²) in [6.45, 7) is 0.649. The number of aromatic nitrogens is 1. The van der Waals surface area contributed by atoms with Crippen LogP contribution in [0.1, 0.15) is 12.0 Å². The van der Waals surface area contributed by atoms with E-state index in [4.69, 9.17) is 0 Å². The van der Waals surface area contributed by atoms with Gasteiger partial charge >= 0.3 is 6.03 Å². The first-order valence-electron chi connectivity index (χ1n) is 8.89. The lowest BCUT2D eigenvalue weighted by molar-refractivity contribution is 0.252. The number of fused-ring (bicyclic) bond motifs is 3. The molecule has 0 aliphatic carbocycles. The van der Waals surface area contributed by atoms with Gasteiger partial charge in [0.1, 0.15) is 0 Å². The topological polar surface area (TPSA) is 56.9 Å². The van der Waals surface area contributed by atoms with E-state index in [1.54, 1.807) is 0 Å². The molecule has 2 amide bonds. The second-order valence-electron chi connectivity index (χ2n) is 6.40. The smallest absolute Gasteiger partial charge is 0.319 e. The summed E-state index contributed by atoms with van der Waals surface area (Å²) in [5, 5.41) is 8.12. The molecule has 4 rings (SSSR count). The fraction of sp³-hybridized carbons (Fsp3) is 0.136. The number of para-hydroxylation sites is 1. The summed E-state index contributed by atoms with van der Waals surface area (Å²) < 4.78 is 0. The molecule has 0 aliphatic heterocycles. The van der Waals surface area contributed by atoms with Crippen LogP contribution in [-0.2, 0) is 6.42 Å². The molecule has 0 fully saturated rings. The van der Waals surface area contributed by atoms with Crippen LogP contribution >= 0.6 is 0 Å². The van der Waals surface area contributed by atoms with Crippen molar-refractivity contribution in [3.63, 3.8) is 0 Å². The van der Waals surface area contributed by atoms with Gasteiger partial charge in [-0.15, -0.1) is 0 Å². The summed E-state index contributed by atoms with van der Waals surface area (Å²) in [5.74, 6) is 0. The number of urea groups is 1. The van der Waals surface area contributed by atoms with Gasteiger partial charge in [0.2, 0.25) is 0 Å². The van der Waals surface area contributed by atoms with Gasteiger partial charge in [0.05, 0.1) is 0 Å². The lowest BCUT2D eigenvalue weighted by atomic mass is 10.1. The Kier molecular flexibility index (Phi) is 4.56. The summed E-state index contributed by atoms with van der Waals surface area (Å²) in [7, 11) is 0. The van der Waals surface area contributed by atoms with E-state index in [-0.39, 0.29) is 6.03 Å². The van der Waals surface area contributed by atoms with Gasteiger partial charge in [-0.25, -0.2) is 4.79 Å². The van der Waals surface area contributed by atoms with Gasteiger partial charge in [0, 0.05) is 34.0 Å². The molecule has 1 aromatic heterocycles. The SMILES string of the molecule is O=C(NCCCc1ccccc1)Nc1ccc2[nH]c3ccccc3c2c1. The van der Waals surface area contributed by atoms with Gasteiger partial charge < -0.3 is 15.6 Å². The fourth-order valence-electron chi connectivity index (χ4n) is 3.24. The van der Waals surface area contributed by atoms with Crippen LogP contribution in [0.2, 0.25) is 0 Å². The number of carbonyl (C=O) groups is 1. The van der Waals surface area contributed by atoms with E-state index in [9.17, 15) is 4.79 Å². The maximum Gasteiger partial charge on any atom is 0.319 e. The highest BCUT2D eigenvalue weighted by Gasteiger charge is 2.06. The molecule has 0 atom stereocenters. The molecule has 4 nitrogen and oxygen atoms in total. The third-order valence-corrected chi connectivity index (χ3v) is 4.53. The maximum atomic E-state index is 12.1. The number of H-pyrrole nitrogens is 1. The molecule has 3 aromatic carbocycles. The summed E-state index contributed by atoms with van der Waals surface area (Å²) in [6.07, 6.45) is 1.88. The Labute approximate surface area is 152 Å². The number of aryl methyl sites for hydroxylation is 1. The van der Waals surface area contributed by atoms with Crippen molar-refractivity contribution in [2.75, 3.05) is 11.9 Å². The average molecular weight is 343 g/mol. The normalized spacial score (nSPS) is 10.9. The number of hydrogen-bond acceptors (Lipinski definition) is 1. The Morgan fingerprint density at radius 2 is 1.62 bits per heavy atom. The van der Waals surface area contributed by atoms with Crippen molar-refractivity contribution >= 4 is 33.5 Å². The zero-order chi connectivity index (χ0) is 17.8. The molecule has 0 aliphatic rings. The Hall–Kier alpha value is -3.27. The van der Waals surface area contributed by atoms with E-state index >= 15 is 0 Å². The molecule has 3 N–H and O–H groups in total. The lowest BCUT2D eigenvalue weighted by Gasteiger charge is -2.08. The van der Waals surface area contributed by atoms with Gasteiger partial charge in [-0.05, 0) is 42.7 Å². The van der Waals surface area contributed by atoms with Crippen LogP contribution in [-0.4, -0.2) is 17.6 Å². The van der Waals surface area contributed by atoms with Gasteiger partial charge in [-0.3, -0.25) is 0 Å². The van der Waals surface area contributed by atoms with Crippen LogP contribution in [0.25, 0.3) is 21.8 Å². The minimum Gasteiger partial charge on any atom is -0.355 e. The van der Waals surface area contributed by atoms with Crippen LogP contribution in [0.3, 0.4) is 0 Å². The first-order valence-corrected chi connectivity index (χ1v) is 8.89. The van der Waals surface area contributed by atoms with Gasteiger partial charge in [-0.1, -0.05) is 48.5 Å². The van der Waals surface area contributed by atoms with Gasteiger partial charge in [-0.2, -0.15) is 0 Å². The molecular formula is C22H21N3O. The molecular weight excluding hydrogens is 322 g/mol. The predicted octanol–water partition coefficient (Wildman–Crippen LogP) is 5.08. The van der Waals surface area contributed by atoms with Crippen LogP contribution < -0.4 is 10.6 Å². The van der Waals surface area contributed by atoms with Crippen molar-refractivity contribution in [2.45, 2.75) is 12.8 Å². The molecule has 4 heteroatoms. The minimum atomic E-state index is -0.169. The van der Waals surface area contributed by atoms with Gasteiger partial charge in [0.15, 0.2) is 0 Å². The van der Waals surface area contributed by atoms with Crippen LogP contribution in [0.5, 0.6) is 0 Å². The minimum absolute atomic E-state index is 0.169. The van der Waals surface area contributed by atoms with Crippen molar-refractivity contribution in [1.29, 1.82) is 0 Å². The van der Waals surface area contributed by atoms with Crippen LogP contribution in [0, 0.1) is 0 Å². The highest BCUT2D eigenvalue weighted by molar-refractivity contribution is 6.08. The van der Waals surface area contributed by atoms with Crippen molar-refractivity contribution in [1.82, 2.24) is 10.3 Å². The monoisotopic (exact) mass is 343 g/mol. The summed E-state index contributed by atoms with van der Waals surface area (Å²) in [4.78, 5) is 15.5. The number of rotatable bonds is 5.